The summed E-state index contributed by atoms with van der Waals surface area (Å²) in [5.74, 6) is -0.632. The Labute approximate surface area is 185 Å². The Kier molecular flexibility index (Phi) is 5.71. The number of hydrogen-bond acceptors (Lipinski definition) is 5. The van der Waals surface area contributed by atoms with Crippen molar-refractivity contribution in [3.63, 3.8) is 0 Å². The van der Waals surface area contributed by atoms with Crippen LogP contribution in [0.2, 0.25) is 5.02 Å². The lowest BCUT2D eigenvalue weighted by Crippen LogP contribution is -2.06. The van der Waals surface area contributed by atoms with Gasteiger partial charge in [0, 0.05) is 12.3 Å². The van der Waals surface area contributed by atoms with E-state index in [1.165, 1.54) is 18.2 Å². The molecule has 160 valence electrons. The van der Waals surface area contributed by atoms with Gasteiger partial charge in [-0.3, -0.25) is 4.40 Å². The Morgan fingerprint density at radius 2 is 1.87 bits per heavy atom. The molecule has 0 aliphatic carbocycles. The Morgan fingerprint density at radius 1 is 1.06 bits per heavy atom. The molecule has 4 aromatic rings. The average Bonchev–Trinajstić information content (AvgIpc) is 3.09. The molecule has 0 amide bonds. The lowest BCUT2D eigenvalue weighted by molar-refractivity contribution is -0.137. The number of hydrogen-bond donors (Lipinski definition) is 0. The molecule has 0 atom stereocenters. The van der Waals surface area contributed by atoms with Gasteiger partial charge in [-0.15, -0.1) is 10.2 Å². The lowest BCUT2D eigenvalue weighted by atomic mass is 10.2. The van der Waals surface area contributed by atoms with Gasteiger partial charge in [0.1, 0.15) is 12.4 Å². The second-order valence-electron chi connectivity index (χ2n) is 6.20. The molecule has 0 radical (unpaired) electrons. The normalized spacial score (nSPS) is 11.7. The third kappa shape index (κ3) is 4.72. The fourth-order valence-electron chi connectivity index (χ4n) is 2.61. The van der Waals surface area contributed by atoms with Crippen molar-refractivity contribution in [1.29, 1.82) is 0 Å². The minimum Gasteiger partial charge on any atom is -0.473 e. The smallest absolute Gasteiger partial charge is 0.417 e. The summed E-state index contributed by atoms with van der Waals surface area (Å²) in [6.45, 7) is -0.00511. The summed E-state index contributed by atoms with van der Waals surface area (Å²) in [4.78, 5) is 4.16. The van der Waals surface area contributed by atoms with Crippen LogP contribution < -0.4 is 9.47 Å². The van der Waals surface area contributed by atoms with E-state index < -0.39 is 22.6 Å². The van der Waals surface area contributed by atoms with Crippen LogP contribution in [0.15, 0.2) is 53.4 Å². The van der Waals surface area contributed by atoms with Crippen molar-refractivity contribution in [3.8, 4) is 17.4 Å². The average molecular weight is 518 g/mol. The van der Waals surface area contributed by atoms with Gasteiger partial charge in [0.25, 0.3) is 5.78 Å². The first-order chi connectivity index (χ1) is 14.7. The van der Waals surface area contributed by atoms with Gasteiger partial charge in [-0.2, -0.15) is 18.2 Å². The number of fused-ring (bicyclic) bond motifs is 1. The highest BCUT2D eigenvalue weighted by molar-refractivity contribution is 9.10. The standard InChI is InChI=1S/C19H10BrClF4N4O2/c20-17-27-28-18-26-16(5-6-29(17)18)30-9-10-1-4-15(14(22)7-10)31-11-2-3-13(21)12(8-11)19(23,24)25/h1-8H,9H2. The molecule has 4 rings (SSSR count). The van der Waals surface area contributed by atoms with Crippen LogP contribution in [0.3, 0.4) is 0 Å². The molecule has 0 fully saturated rings. The quantitative estimate of drug-likeness (QED) is 0.301. The molecule has 6 nitrogen and oxygen atoms in total. The zero-order valence-corrected chi connectivity index (χ0v) is 17.5. The molecule has 0 unspecified atom stereocenters. The zero-order valence-electron chi connectivity index (χ0n) is 15.2. The maximum atomic E-state index is 14.4. The van der Waals surface area contributed by atoms with Crippen LogP contribution in [0.25, 0.3) is 5.78 Å². The van der Waals surface area contributed by atoms with E-state index in [-0.39, 0.29) is 24.0 Å². The Bertz CT molecular complexity index is 1270. The lowest BCUT2D eigenvalue weighted by Gasteiger charge is -2.13. The van der Waals surface area contributed by atoms with Gasteiger partial charge in [-0.1, -0.05) is 17.7 Å². The number of aromatic nitrogens is 4. The molecule has 0 spiro atoms. The zero-order chi connectivity index (χ0) is 22.2. The van der Waals surface area contributed by atoms with Gasteiger partial charge in [0.15, 0.2) is 11.6 Å². The monoisotopic (exact) mass is 516 g/mol. The van der Waals surface area contributed by atoms with Crippen molar-refractivity contribution in [3.05, 3.63) is 75.4 Å². The van der Waals surface area contributed by atoms with Crippen molar-refractivity contribution in [2.24, 2.45) is 0 Å². The summed E-state index contributed by atoms with van der Waals surface area (Å²) in [5.41, 5.74) is -0.609. The van der Waals surface area contributed by atoms with Crippen LogP contribution >= 0.6 is 27.5 Å². The molecule has 0 saturated heterocycles. The highest BCUT2D eigenvalue weighted by Gasteiger charge is 2.33. The third-order valence-corrected chi connectivity index (χ3v) is 4.94. The van der Waals surface area contributed by atoms with Crippen molar-refractivity contribution in [2.45, 2.75) is 12.8 Å². The topological polar surface area (TPSA) is 61.5 Å². The molecule has 0 bridgehead atoms. The number of alkyl halides is 3. The van der Waals surface area contributed by atoms with Gasteiger partial charge in [0.05, 0.1) is 10.6 Å². The van der Waals surface area contributed by atoms with Gasteiger partial charge < -0.3 is 9.47 Å². The highest BCUT2D eigenvalue weighted by atomic mass is 79.9. The van der Waals surface area contributed by atoms with Gasteiger partial charge in [0.2, 0.25) is 10.6 Å². The van der Waals surface area contributed by atoms with Gasteiger partial charge in [-0.05, 0) is 51.8 Å². The second kappa shape index (κ2) is 8.31. The summed E-state index contributed by atoms with van der Waals surface area (Å²) in [6.07, 6.45) is -3.00. The Hall–Kier alpha value is -2.92. The van der Waals surface area contributed by atoms with Crippen LogP contribution in [-0.4, -0.2) is 19.6 Å². The van der Waals surface area contributed by atoms with Crippen molar-refractivity contribution in [2.75, 3.05) is 0 Å². The van der Waals surface area contributed by atoms with E-state index in [2.05, 4.69) is 31.1 Å². The predicted molar refractivity (Wildman–Crippen MR) is 106 cm³/mol. The minimum atomic E-state index is -4.66. The van der Waals surface area contributed by atoms with E-state index in [9.17, 15) is 17.6 Å². The summed E-state index contributed by atoms with van der Waals surface area (Å²) >= 11 is 8.79. The summed E-state index contributed by atoms with van der Waals surface area (Å²) in [5, 5.41) is 7.18. The molecule has 31 heavy (non-hydrogen) atoms. The summed E-state index contributed by atoms with van der Waals surface area (Å²) in [7, 11) is 0. The maximum Gasteiger partial charge on any atom is 0.417 e. The van der Waals surface area contributed by atoms with E-state index in [0.29, 0.717) is 22.1 Å². The van der Waals surface area contributed by atoms with E-state index in [0.717, 1.165) is 12.1 Å². The van der Waals surface area contributed by atoms with E-state index in [4.69, 9.17) is 21.1 Å². The minimum absolute atomic E-state index is 0.00511. The SMILES string of the molecule is Fc1cc(COc2ccn3c(Br)nnc3n2)ccc1Oc1ccc(Cl)c(C(F)(F)F)c1. The number of benzene rings is 2. The molecule has 12 heteroatoms. The van der Waals surface area contributed by atoms with Crippen LogP contribution in [0.4, 0.5) is 17.6 Å². The fourth-order valence-corrected chi connectivity index (χ4v) is 3.19. The Balaban J connectivity index is 1.46. The molecule has 2 aromatic heterocycles. The van der Waals surface area contributed by atoms with Gasteiger partial charge in [-0.25, -0.2) is 4.39 Å². The molecule has 0 saturated carbocycles. The predicted octanol–water partition coefficient (Wildman–Crippen LogP) is 6.07. The fraction of sp³-hybridized carbons (Fsp3) is 0.105. The molecule has 0 aliphatic heterocycles. The number of rotatable bonds is 5. The van der Waals surface area contributed by atoms with Crippen LogP contribution in [0, 0.1) is 5.82 Å². The van der Waals surface area contributed by atoms with Crippen molar-refractivity contribution < 1.29 is 27.0 Å². The number of halogens is 6. The molecule has 2 heterocycles. The van der Waals surface area contributed by atoms with Crippen LogP contribution in [-0.2, 0) is 12.8 Å². The molecule has 0 aliphatic rings. The van der Waals surface area contributed by atoms with E-state index in [1.54, 1.807) is 16.7 Å². The molecular weight excluding hydrogens is 508 g/mol. The number of nitrogens with zero attached hydrogens (tertiary/aromatic N) is 4. The third-order valence-electron chi connectivity index (χ3n) is 4.07. The Morgan fingerprint density at radius 3 is 2.61 bits per heavy atom. The maximum absolute atomic E-state index is 14.4. The van der Waals surface area contributed by atoms with Crippen molar-refractivity contribution in [1.82, 2.24) is 19.6 Å². The number of ether oxygens (including phenoxy) is 2. The van der Waals surface area contributed by atoms with Crippen LogP contribution in [0.5, 0.6) is 17.4 Å². The first kappa shape index (κ1) is 21.3. The largest absolute Gasteiger partial charge is 0.473 e. The molecule has 0 N–H and O–H groups in total. The highest BCUT2D eigenvalue weighted by Crippen LogP contribution is 2.38. The molecule has 2 aromatic carbocycles. The summed E-state index contributed by atoms with van der Waals surface area (Å²) < 4.78 is 66.2. The first-order valence-electron chi connectivity index (χ1n) is 8.54. The van der Waals surface area contributed by atoms with Gasteiger partial charge >= 0.3 is 6.18 Å². The van der Waals surface area contributed by atoms with E-state index >= 15 is 0 Å². The van der Waals surface area contributed by atoms with Crippen LogP contribution in [0.1, 0.15) is 11.1 Å². The second-order valence-corrected chi connectivity index (χ2v) is 7.32. The summed E-state index contributed by atoms with van der Waals surface area (Å²) in [6, 6.07) is 8.53. The first-order valence-corrected chi connectivity index (χ1v) is 9.71. The van der Waals surface area contributed by atoms with E-state index in [1.807, 2.05) is 0 Å². The van der Waals surface area contributed by atoms with Crippen molar-refractivity contribution >= 4 is 33.3 Å². The molecular formula is C19H10BrClF4N4O2.